The molecule has 1 aliphatic rings. The summed E-state index contributed by atoms with van der Waals surface area (Å²) < 4.78 is 31.2. The maximum absolute atomic E-state index is 12.2. The van der Waals surface area contributed by atoms with Gasteiger partial charge in [-0.3, -0.25) is 0 Å². The van der Waals surface area contributed by atoms with Crippen LogP contribution in [-0.4, -0.2) is 56.9 Å². The minimum Gasteiger partial charge on any atom is -0.376 e. The number of ether oxygens (including phenoxy) is 1. The predicted molar refractivity (Wildman–Crippen MR) is 63.9 cm³/mol. The van der Waals surface area contributed by atoms with E-state index in [4.69, 9.17) is 4.74 Å². The zero-order valence-electron chi connectivity index (χ0n) is 10.3. The Balaban J connectivity index is 2.61. The van der Waals surface area contributed by atoms with Gasteiger partial charge in [-0.15, -0.1) is 0 Å². The highest BCUT2D eigenvalue weighted by molar-refractivity contribution is 7.89. The Kier molecular flexibility index (Phi) is 5.17. The van der Waals surface area contributed by atoms with E-state index in [0.717, 1.165) is 6.54 Å². The summed E-state index contributed by atoms with van der Waals surface area (Å²) in [6, 6.07) is 0. The molecule has 0 bridgehead atoms. The van der Waals surface area contributed by atoms with E-state index in [2.05, 4.69) is 5.32 Å². The fraction of sp³-hybridized carbons (Fsp3) is 1.00. The van der Waals surface area contributed by atoms with Crippen LogP contribution in [-0.2, 0) is 14.8 Å². The van der Waals surface area contributed by atoms with Gasteiger partial charge in [0.1, 0.15) is 0 Å². The lowest BCUT2D eigenvalue weighted by Crippen LogP contribution is -2.49. The maximum Gasteiger partial charge on any atom is 0.218 e. The highest BCUT2D eigenvalue weighted by atomic mass is 32.2. The summed E-state index contributed by atoms with van der Waals surface area (Å²) in [6.45, 7) is 8.35. The molecule has 1 rings (SSSR count). The van der Waals surface area contributed by atoms with Gasteiger partial charge in [-0.05, 0) is 20.4 Å². The molecule has 1 saturated heterocycles. The molecule has 0 saturated carbocycles. The summed E-state index contributed by atoms with van der Waals surface area (Å²) in [6.07, 6.45) is -0.00476. The van der Waals surface area contributed by atoms with Crippen LogP contribution < -0.4 is 5.32 Å². The Morgan fingerprint density at radius 2 is 2.25 bits per heavy atom. The maximum atomic E-state index is 12.2. The lowest BCUT2D eigenvalue weighted by Gasteiger charge is -2.32. The monoisotopic (exact) mass is 250 g/mol. The molecule has 6 heteroatoms. The molecule has 16 heavy (non-hydrogen) atoms. The molecule has 0 aromatic rings. The second kappa shape index (κ2) is 5.95. The van der Waals surface area contributed by atoms with Gasteiger partial charge in [0.25, 0.3) is 0 Å². The van der Waals surface area contributed by atoms with Gasteiger partial charge in [-0.25, -0.2) is 8.42 Å². The molecular formula is C10H22N2O3S. The molecule has 1 aliphatic heterocycles. The third-order valence-corrected chi connectivity index (χ3v) is 4.99. The van der Waals surface area contributed by atoms with Crippen molar-refractivity contribution in [1.29, 1.82) is 0 Å². The number of nitrogens with one attached hydrogen (secondary N) is 1. The standard InChI is InChI=1S/C10H22N2O3S/c1-4-11-7-10(3)16(13,14)12-5-6-15-9(2)8-12/h9-11H,4-8H2,1-3H3. The van der Waals surface area contributed by atoms with Crippen LogP contribution in [0.1, 0.15) is 20.8 Å². The summed E-state index contributed by atoms with van der Waals surface area (Å²) in [5.41, 5.74) is 0. The highest BCUT2D eigenvalue weighted by Gasteiger charge is 2.31. The summed E-state index contributed by atoms with van der Waals surface area (Å²) in [5.74, 6) is 0. The number of hydrogen-bond acceptors (Lipinski definition) is 4. The quantitative estimate of drug-likeness (QED) is 0.748. The average molecular weight is 250 g/mol. The molecule has 0 aliphatic carbocycles. The van der Waals surface area contributed by atoms with E-state index in [-0.39, 0.29) is 11.4 Å². The van der Waals surface area contributed by atoms with Crippen molar-refractivity contribution in [2.45, 2.75) is 32.1 Å². The first-order chi connectivity index (χ1) is 7.48. The molecular weight excluding hydrogens is 228 g/mol. The fourth-order valence-corrected chi connectivity index (χ4v) is 3.31. The zero-order chi connectivity index (χ0) is 12.2. The van der Waals surface area contributed by atoms with Crippen LogP contribution in [0.25, 0.3) is 0 Å². The Labute approximate surface area is 98.2 Å². The van der Waals surface area contributed by atoms with E-state index in [0.29, 0.717) is 26.2 Å². The van der Waals surface area contributed by atoms with Gasteiger partial charge >= 0.3 is 0 Å². The van der Waals surface area contributed by atoms with E-state index in [1.54, 1.807) is 11.2 Å². The second-order valence-electron chi connectivity index (χ2n) is 4.20. The van der Waals surface area contributed by atoms with Gasteiger partial charge in [-0.2, -0.15) is 4.31 Å². The number of rotatable bonds is 5. The van der Waals surface area contributed by atoms with Crippen molar-refractivity contribution in [3.63, 3.8) is 0 Å². The first-order valence-electron chi connectivity index (χ1n) is 5.79. The van der Waals surface area contributed by atoms with Crippen LogP contribution in [0.2, 0.25) is 0 Å². The molecule has 0 radical (unpaired) electrons. The van der Waals surface area contributed by atoms with Crippen molar-refractivity contribution < 1.29 is 13.2 Å². The summed E-state index contributed by atoms with van der Waals surface area (Å²) in [4.78, 5) is 0. The van der Waals surface area contributed by atoms with Crippen LogP contribution in [0.5, 0.6) is 0 Å². The minimum atomic E-state index is -3.18. The van der Waals surface area contributed by atoms with Crippen LogP contribution in [0.3, 0.4) is 0 Å². The van der Waals surface area contributed by atoms with Crippen LogP contribution in [0, 0.1) is 0 Å². The van der Waals surface area contributed by atoms with Gasteiger partial charge < -0.3 is 10.1 Å². The highest BCUT2D eigenvalue weighted by Crippen LogP contribution is 2.13. The normalized spacial score (nSPS) is 25.6. The smallest absolute Gasteiger partial charge is 0.218 e. The van der Waals surface area contributed by atoms with Crippen molar-refractivity contribution in [2.75, 3.05) is 32.8 Å². The Hall–Kier alpha value is -0.170. The van der Waals surface area contributed by atoms with Crippen molar-refractivity contribution >= 4 is 10.0 Å². The van der Waals surface area contributed by atoms with Gasteiger partial charge in [0.05, 0.1) is 18.0 Å². The minimum absolute atomic E-state index is 0.00476. The van der Waals surface area contributed by atoms with E-state index >= 15 is 0 Å². The molecule has 2 atom stereocenters. The topological polar surface area (TPSA) is 58.6 Å². The van der Waals surface area contributed by atoms with Crippen molar-refractivity contribution in [1.82, 2.24) is 9.62 Å². The van der Waals surface area contributed by atoms with E-state index in [1.165, 1.54) is 0 Å². The first-order valence-corrected chi connectivity index (χ1v) is 7.30. The SMILES string of the molecule is CCNCC(C)S(=O)(=O)N1CCOC(C)C1. The predicted octanol–water partition coefficient (Wildman–Crippen LogP) is 0.0349. The molecule has 2 unspecified atom stereocenters. The number of nitrogens with zero attached hydrogens (tertiary/aromatic N) is 1. The van der Waals surface area contributed by atoms with Gasteiger partial charge in [0, 0.05) is 19.6 Å². The van der Waals surface area contributed by atoms with Gasteiger partial charge in [0.2, 0.25) is 10.0 Å². The average Bonchev–Trinajstić information content (AvgIpc) is 2.25. The first kappa shape index (κ1) is 13.9. The molecule has 1 fully saturated rings. The number of sulfonamides is 1. The molecule has 5 nitrogen and oxygen atoms in total. The Bertz CT molecular complexity index is 305. The number of morpholine rings is 1. The lowest BCUT2D eigenvalue weighted by molar-refractivity contribution is 0.00991. The van der Waals surface area contributed by atoms with Crippen LogP contribution >= 0.6 is 0 Å². The number of hydrogen-bond donors (Lipinski definition) is 1. The summed E-state index contributed by atoms with van der Waals surface area (Å²) >= 11 is 0. The lowest BCUT2D eigenvalue weighted by atomic mass is 10.3. The summed E-state index contributed by atoms with van der Waals surface area (Å²) in [5, 5.41) is 2.69. The van der Waals surface area contributed by atoms with Crippen molar-refractivity contribution in [3.05, 3.63) is 0 Å². The van der Waals surface area contributed by atoms with Gasteiger partial charge in [0.15, 0.2) is 0 Å². The second-order valence-corrected chi connectivity index (χ2v) is 6.55. The van der Waals surface area contributed by atoms with Crippen molar-refractivity contribution in [2.24, 2.45) is 0 Å². The molecule has 96 valence electrons. The molecule has 1 heterocycles. The zero-order valence-corrected chi connectivity index (χ0v) is 11.1. The van der Waals surface area contributed by atoms with Crippen LogP contribution in [0.15, 0.2) is 0 Å². The van der Waals surface area contributed by atoms with Gasteiger partial charge in [-0.1, -0.05) is 6.92 Å². The molecule has 0 aromatic heterocycles. The Morgan fingerprint density at radius 1 is 1.56 bits per heavy atom. The molecule has 0 aromatic carbocycles. The largest absolute Gasteiger partial charge is 0.376 e. The molecule has 0 amide bonds. The van der Waals surface area contributed by atoms with Crippen LogP contribution in [0.4, 0.5) is 0 Å². The van der Waals surface area contributed by atoms with E-state index < -0.39 is 10.0 Å². The third-order valence-electron chi connectivity index (χ3n) is 2.75. The third kappa shape index (κ3) is 3.41. The van der Waals surface area contributed by atoms with Crippen molar-refractivity contribution in [3.8, 4) is 0 Å². The fourth-order valence-electron chi connectivity index (χ4n) is 1.72. The van der Waals surface area contributed by atoms with E-state index in [9.17, 15) is 8.42 Å². The van der Waals surface area contributed by atoms with E-state index in [1.807, 2.05) is 13.8 Å². The Morgan fingerprint density at radius 3 is 2.81 bits per heavy atom. The summed E-state index contributed by atoms with van der Waals surface area (Å²) in [7, 11) is -3.18. The molecule has 0 spiro atoms. The molecule has 1 N–H and O–H groups in total.